The molecule has 0 unspecified atom stereocenters. The highest BCUT2D eigenvalue weighted by atomic mass is 79.9. The van der Waals surface area contributed by atoms with Gasteiger partial charge >= 0.3 is 5.97 Å². The van der Waals surface area contributed by atoms with Crippen LogP contribution < -0.4 is 4.90 Å². The molecule has 3 nitrogen and oxygen atoms in total. The number of aryl methyl sites for hydroxylation is 2. The summed E-state index contributed by atoms with van der Waals surface area (Å²) in [6, 6.07) is 25.1. The van der Waals surface area contributed by atoms with Crippen molar-refractivity contribution in [3.63, 3.8) is 0 Å². The van der Waals surface area contributed by atoms with Gasteiger partial charge < -0.3 is 9.64 Å². The molecule has 0 aliphatic heterocycles. The van der Waals surface area contributed by atoms with Gasteiger partial charge in [0, 0.05) is 28.0 Å². The van der Waals surface area contributed by atoms with Gasteiger partial charge in [-0.2, -0.15) is 0 Å². The van der Waals surface area contributed by atoms with Gasteiger partial charge in [0.2, 0.25) is 0 Å². The normalized spacial score (nSPS) is 10.5. The number of anilines is 3. The first-order chi connectivity index (χ1) is 13.1. The van der Waals surface area contributed by atoms with Crippen LogP contribution in [0.1, 0.15) is 17.5 Å². The Morgan fingerprint density at radius 1 is 0.852 bits per heavy atom. The lowest BCUT2D eigenvalue weighted by Crippen LogP contribution is -2.10. The lowest BCUT2D eigenvalue weighted by molar-refractivity contribution is -0.140. The van der Waals surface area contributed by atoms with Crippen LogP contribution in [0, 0.1) is 6.92 Å². The average molecular weight is 424 g/mol. The van der Waals surface area contributed by atoms with Crippen molar-refractivity contribution in [1.82, 2.24) is 0 Å². The maximum absolute atomic E-state index is 11.4. The fourth-order valence-corrected chi connectivity index (χ4v) is 3.16. The monoisotopic (exact) mass is 423 g/mol. The molecule has 0 atom stereocenters. The molecular weight excluding hydrogens is 402 g/mol. The topological polar surface area (TPSA) is 29.5 Å². The smallest absolute Gasteiger partial charge is 0.305 e. The van der Waals surface area contributed by atoms with Crippen LogP contribution >= 0.6 is 15.9 Å². The van der Waals surface area contributed by atoms with Crippen LogP contribution in [0.2, 0.25) is 0 Å². The van der Waals surface area contributed by atoms with Crippen molar-refractivity contribution in [1.29, 1.82) is 0 Å². The van der Waals surface area contributed by atoms with Crippen LogP contribution in [0.15, 0.2) is 77.3 Å². The van der Waals surface area contributed by atoms with Gasteiger partial charge in [0.1, 0.15) is 0 Å². The lowest BCUT2D eigenvalue weighted by atomic mass is 10.1. The van der Waals surface area contributed by atoms with Gasteiger partial charge in [-0.05, 0) is 67.4 Å². The number of carbonyl (C=O) groups is 1. The maximum atomic E-state index is 11.4. The number of carbonyl (C=O) groups excluding carboxylic acids is 1. The fraction of sp³-hybridized carbons (Fsp3) is 0.174. The Labute approximate surface area is 168 Å². The molecule has 138 valence electrons. The average Bonchev–Trinajstić information content (AvgIpc) is 2.70. The zero-order valence-electron chi connectivity index (χ0n) is 15.5. The first-order valence-corrected chi connectivity index (χ1v) is 9.64. The summed E-state index contributed by atoms with van der Waals surface area (Å²) in [5, 5.41) is 0. The van der Waals surface area contributed by atoms with E-state index in [2.05, 4.69) is 88.4 Å². The third-order valence-corrected chi connectivity index (χ3v) is 4.95. The van der Waals surface area contributed by atoms with Crippen LogP contribution in [0.4, 0.5) is 17.1 Å². The summed E-state index contributed by atoms with van der Waals surface area (Å²) < 4.78 is 5.77. The molecule has 0 aliphatic carbocycles. The molecule has 0 heterocycles. The quantitative estimate of drug-likeness (QED) is 0.433. The van der Waals surface area contributed by atoms with Crippen LogP contribution in [0.5, 0.6) is 0 Å². The minimum absolute atomic E-state index is 0.185. The number of hydrogen-bond acceptors (Lipinski definition) is 3. The number of rotatable bonds is 6. The molecular formula is C23H22BrNO2. The number of hydrogen-bond donors (Lipinski definition) is 0. The summed E-state index contributed by atoms with van der Waals surface area (Å²) in [5.41, 5.74) is 5.61. The lowest BCUT2D eigenvalue weighted by Gasteiger charge is -2.26. The van der Waals surface area contributed by atoms with Gasteiger partial charge in [-0.1, -0.05) is 45.8 Å². The minimum Gasteiger partial charge on any atom is -0.469 e. The molecule has 0 N–H and O–H groups in total. The SMILES string of the molecule is COC(=O)CCc1ccc(N(c2ccc(C)cc2)c2ccc(Br)cc2)cc1. The molecule has 0 bridgehead atoms. The van der Waals surface area contributed by atoms with E-state index in [1.807, 2.05) is 12.1 Å². The van der Waals surface area contributed by atoms with Crippen molar-refractivity contribution in [3.8, 4) is 0 Å². The summed E-state index contributed by atoms with van der Waals surface area (Å²) in [6.07, 6.45) is 1.07. The number of methoxy groups -OCH3 is 1. The zero-order chi connectivity index (χ0) is 19.2. The van der Waals surface area contributed by atoms with E-state index in [-0.39, 0.29) is 5.97 Å². The molecule has 3 aromatic rings. The van der Waals surface area contributed by atoms with E-state index in [0.717, 1.165) is 27.1 Å². The Bertz CT molecular complexity index is 842. The van der Waals surface area contributed by atoms with E-state index in [1.165, 1.54) is 12.7 Å². The Morgan fingerprint density at radius 3 is 1.85 bits per heavy atom. The highest BCUT2D eigenvalue weighted by Gasteiger charge is 2.12. The van der Waals surface area contributed by atoms with E-state index < -0.39 is 0 Å². The summed E-state index contributed by atoms with van der Waals surface area (Å²) in [4.78, 5) is 13.6. The third-order valence-electron chi connectivity index (χ3n) is 4.42. The molecule has 0 aliphatic rings. The number of benzene rings is 3. The van der Waals surface area contributed by atoms with E-state index in [1.54, 1.807) is 0 Å². The van der Waals surface area contributed by atoms with Crippen LogP contribution in [0.25, 0.3) is 0 Å². The van der Waals surface area contributed by atoms with E-state index in [9.17, 15) is 4.79 Å². The molecule has 0 aromatic heterocycles. The molecule has 0 saturated carbocycles. The van der Waals surface area contributed by atoms with Crippen molar-refractivity contribution in [2.45, 2.75) is 19.8 Å². The van der Waals surface area contributed by atoms with E-state index in [4.69, 9.17) is 4.74 Å². The minimum atomic E-state index is -0.185. The van der Waals surface area contributed by atoms with E-state index in [0.29, 0.717) is 12.8 Å². The van der Waals surface area contributed by atoms with Gasteiger partial charge in [0.25, 0.3) is 0 Å². The number of nitrogens with zero attached hydrogens (tertiary/aromatic N) is 1. The first kappa shape index (κ1) is 19.2. The summed E-state index contributed by atoms with van der Waals surface area (Å²) >= 11 is 3.50. The van der Waals surface area contributed by atoms with Crippen molar-refractivity contribution in [3.05, 3.63) is 88.4 Å². The van der Waals surface area contributed by atoms with Crippen LogP contribution in [-0.4, -0.2) is 13.1 Å². The molecule has 0 amide bonds. The second kappa shape index (κ2) is 8.87. The van der Waals surface area contributed by atoms with Gasteiger partial charge in [0.15, 0.2) is 0 Å². The summed E-state index contributed by atoms with van der Waals surface area (Å²) in [5.74, 6) is -0.185. The standard InChI is InChI=1S/C23H22BrNO2/c1-17-3-10-20(11-4-17)25(22-14-8-19(24)9-15-22)21-12-5-18(6-13-21)7-16-23(26)27-2/h3-6,8-15H,7,16H2,1-2H3. The maximum Gasteiger partial charge on any atom is 0.305 e. The van der Waals surface area contributed by atoms with Crippen molar-refractivity contribution in [2.24, 2.45) is 0 Å². The Kier molecular flexibility index (Phi) is 6.30. The second-order valence-electron chi connectivity index (χ2n) is 6.39. The highest BCUT2D eigenvalue weighted by molar-refractivity contribution is 9.10. The molecule has 27 heavy (non-hydrogen) atoms. The van der Waals surface area contributed by atoms with Crippen molar-refractivity contribution < 1.29 is 9.53 Å². The van der Waals surface area contributed by atoms with Crippen molar-refractivity contribution in [2.75, 3.05) is 12.0 Å². The Hall–Kier alpha value is -2.59. The van der Waals surface area contributed by atoms with Gasteiger partial charge in [-0.25, -0.2) is 0 Å². The zero-order valence-corrected chi connectivity index (χ0v) is 17.1. The number of halogens is 1. The van der Waals surface area contributed by atoms with Gasteiger partial charge in [-0.3, -0.25) is 4.79 Å². The molecule has 0 radical (unpaired) electrons. The molecule has 4 heteroatoms. The third kappa shape index (κ3) is 4.98. The van der Waals surface area contributed by atoms with Crippen LogP contribution in [-0.2, 0) is 16.0 Å². The summed E-state index contributed by atoms with van der Waals surface area (Å²) in [7, 11) is 1.42. The van der Waals surface area contributed by atoms with Crippen molar-refractivity contribution >= 4 is 39.0 Å². The number of ether oxygens (including phenoxy) is 1. The van der Waals surface area contributed by atoms with Gasteiger partial charge in [-0.15, -0.1) is 0 Å². The highest BCUT2D eigenvalue weighted by Crippen LogP contribution is 2.35. The van der Waals surface area contributed by atoms with E-state index >= 15 is 0 Å². The summed E-state index contributed by atoms with van der Waals surface area (Å²) in [6.45, 7) is 2.09. The fourth-order valence-electron chi connectivity index (χ4n) is 2.89. The first-order valence-electron chi connectivity index (χ1n) is 8.85. The molecule has 3 rings (SSSR count). The molecule has 0 fully saturated rings. The predicted molar refractivity (Wildman–Crippen MR) is 114 cm³/mol. The molecule has 0 spiro atoms. The predicted octanol–water partition coefficient (Wildman–Crippen LogP) is 6.33. The van der Waals surface area contributed by atoms with Gasteiger partial charge in [0.05, 0.1) is 7.11 Å². The van der Waals surface area contributed by atoms with Crippen LogP contribution in [0.3, 0.4) is 0 Å². The Morgan fingerprint density at radius 2 is 1.33 bits per heavy atom. The number of esters is 1. The Balaban J connectivity index is 1.91. The second-order valence-corrected chi connectivity index (χ2v) is 7.31. The molecule has 3 aromatic carbocycles. The largest absolute Gasteiger partial charge is 0.469 e. The molecule has 0 saturated heterocycles.